The van der Waals surface area contributed by atoms with E-state index in [1.165, 1.54) is 44.9 Å². The third-order valence-electron chi connectivity index (χ3n) is 4.35. The summed E-state index contributed by atoms with van der Waals surface area (Å²) in [6, 6.07) is 0. The minimum atomic E-state index is 0.539. The van der Waals surface area contributed by atoms with Gasteiger partial charge in [0.15, 0.2) is 5.82 Å². The first-order valence-corrected chi connectivity index (χ1v) is 6.08. The largest absolute Gasteiger partial charge is 0.339 e. The van der Waals surface area contributed by atoms with Gasteiger partial charge in [0.05, 0.1) is 0 Å². The maximum Gasteiger partial charge on any atom is 0.229 e. The van der Waals surface area contributed by atoms with Gasteiger partial charge in [0, 0.05) is 5.92 Å². The molecule has 0 bridgehead atoms. The number of hydrogen-bond donors (Lipinski definition) is 0. The molecule has 0 amide bonds. The van der Waals surface area contributed by atoms with E-state index in [-0.39, 0.29) is 0 Å². The Labute approximate surface area is 90.3 Å². The van der Waals surface area contributed by atoms with Gasteiger partial charge in [0.2, 0.25) is 5.89 Å². The molecule has 1 aromatic rings. The van der Waals surface area contributed by atoms with E-state index in [0.29, 0.717) is 5.92 Å². The molecular formula is C12H18N2O. The average molecular weight is 206 g/mol. The molecule has 15 heavy (non-hydrogen) atoms. The summed E-state index contributed by atoms with van der Waals surface area (Å²) in [4.78, 5) is 4.35. The lowest BCUT2D eigenvalue weighted by Crippen LogP contribution is -2.33. The van der Waals surface area contributed by atoms with Crippen LogP contribution in [0.4, 0.5) is 0 Å². The highest BCUT2D eigenvalue weighted by Crippen LogP contribution is 2.54. The van der Waals surface area contributed by atoms with Crippen molar-refractivity contribution in [2.75, 3.05) is 0 Å². The van der Waals surface area contributed by atoms with Crippen LogP contribution in [0.3, 0.4) is 0 Å². The Morgan fingerprint density at radius 3 is 2.40 bits per heavy atom. The number of aromatic nitrogens is 2. The summed E-state index contributed by atoms with van der Waals surface area (Å²) in [5.74, 6) is 2.19. The van der Waals surface area contributed by atoms with Gasteiger partial charge in [-0.25, -0.2) is 0 Å². The van der Waals surface area contributed by atoms with E-state index in [0.717, 1.165) is 17.1 Å². The smallest absolute Gasteiger partial charge is 0.229 e. The molecule has 0 unspecified atom stereocenters. The van der Waals surface area contributed by atoms with Crippen LogP contribution in [0, 0.1) is 12.3 Å². The fourth-order valence-electron chi connectivity index (χ4n) is 3.13. The normalized spacial score (nSPS) is 25.4. The number of nitrogens with zero attached hydrogens (tertiary/aromatic N) is 2. The Bertz CT molecular complexity index is 344. The Morgan fingerprint density at radius 2 is 1.93 bits per heavy atom. The molecule has 2 aliphatic rings. The highest BCUT2D eigenvalue weighted by molar-refractivity contribution is 5.00. The summed E-state index contributed by atoms with van der Waals surface area (Å²) in [6.45, 7) is 1.89. The summed E-state index contributed by atoms with van der Waals surface area (Å²) in [6.07, 6.45) is 9.62. The van der Waals surface area contributed by atoms with Gasteiger partial charge in [-0.15, -0.1) is 0 Å². The van der Waals surface area contributed by atoms with Crippen LogP contribution in [0.2, 0.25) is 0 Å². The highest BCUT2D eigenvalue weighted by atomic mass is 16.5. The Balaban J connectivity index is 1.66. The number of aryl methyl sites for hydroxylation is 1. The quantitative estimate of drug-likeness (QED) is 0.708. The molecule has 0 saturated heterocycles. The van der Waals surface area contributed by atoms with Crippen molar-refractivity contribution in [1.29, 1.82) is 0 Å². The SMILES string of the molecule is Cc1noc(C2CCC3(CCC3)CC2)n1. The lowest BCUT2D eigenvalue weighted by molar-refractivity contribution is 0.0642. The van der Waals surface area contributed by atoms with Crippen molar-refractivity contribution in [3.8, 4) is 0 Å². The van der Waals surface area contributed by atoms with Gasteiger partial charge in [0.1, 0.15) is 0 Å². The molecule has 0 atom stereocenters. The molecular weight excluding hydrogens is 188 g/mol. The molecule has 0 aliphatic heterocycles. The van der Waals surface area contributed by atoms with E-state index in [1.54, 1.807) is 0 Å². The average Bonchev–Trinajstić information content (AvgIpc) is 2.63. The summed E-state index contributed by atoms with van der Waals surface area (Å²) in [5.41, 5.74) is 0.728. The fourth-order valence-corrected chi connectivity index (χ4v) is 3.13. The maximum atomic E-state index is 5.26. The lowest BCUT2D eigenvalue weighted by atomic mass is 9.59. The van der Waals surface area contributed by atoms with E-state index >= 15 is 0 Å². The van der Waals surface area contributed by atoms with Crippen LogP contribution in [-0.2, 0) is 0 Å². The van der Waals surface area contributed by atoms with Gasteiger partial charge in [-0.05, 0) is 50.9 Å². The van der Waals surface area contributed by atoms with Gasteiger partial charge >= 0.3 is 0 Å². The van der Waals surface area contributed by atoms with E-state index in [4.69, 9.17) is 4.52 Å². The molecule has 0 aromatic carbocycles. The predicted molar refractivity (Wildman–Crippen MR) is 56.5 cm³/mol. The van der Waals surface area contributed by atoms with Crippen molar-refractivity contribution in [3.05, 3.63) is 11.7 Å². The van der Waals surface area contributed by atoms with E-state index in [2.05, 4.69) is 10.1 Å². The zero-order chi connectivity index (χ0) is 10.3. The second-order valence-electron chi connectivity index (χ2n) is 5.31. The molecule has 2 aliphatic carbocycles. The van der Waals surface area contributed by atoms with Crippen LogP contribution in [-0.4, -0.2) is 10.1 Å². The highest BCUT2D eigenvalue weighted by Gasteiger charge is 2.41. The predicted octanol–water partition coefficient (Wildman–Crippen LogP) is 3.21. The monoisotopic (exact) mass is 206 g/mol. The van der Waals surface area contributed by atoms with Gasteiger partial charge in [-0.3, -0.25) is 0 Å². The molecule has 3 nitrogen and oxygen atoms in total. The van der Waals surface area contributed by atoms with Gasteiger partial charge in [-0.1, -0.05) is 11.6 Å². The zero-order valence-corrected chi connectivity index (χ0v) is 9.33. The molecule has 1 aromatic heterocycles. The molecule has 82 valence electrons. The van der Waals surface area contributed by atoms with Crippen LogP contribution in [0.1, 0.15) is 62.6 Å². The Kier molecular flexibility index (Phi) is 2.08. The molecule has 3 heteroatoms. The first-order valence-electron chi connectivity index (χ1n) is 6.08. The third-order valence-corrected chi connectivity index (χ3v) is 4.35. The van der Waals surface area contributed by atoms with Crippen molar-refractivity contribution < 1.29 is 4.52 Å². The van der Waals surface area contributed by atoms with Crippen LogP contribution in [0.15, 0.2) is 4.52 Å². The van der Waals surface area contributed by atoms with Gasteiger partial charge in [0.25, 0.3) is 0 Å². The van der Waals surface area contributed by atoms with Crippen molar-refractivity contribution in [3.63, 3.8) is 0 Å². The van der Waals surface area contributed by atoms with Gasteiger partial charge in [-0.2, -0.15) is 4.98 Å². The number of hydrogen-bond acceptors (Lipinski definition) is 3. The summed E-state index contributed by atoms with van der Waals surface area (Å²) >= 11 is 0. The second kappa shape index (κ2) is 3.32. The van der Waals surface area contributed by atoms with E-state index in [1.807, 2.05) is 6.92 Å². The molecule has 0 radical (unpaired) electrons. The topological polar surface area (TPSA) is 38.9 Å². The minimum absolute atomic E-state index is 0.539. The lowest BCUT2D eigenvalue weighted by Gasteiger charge is -2.46. The fraction of sp³-hybridized carbons (Fsp3) is 0.833. The maximum absolute atomic E-state index is 5.26. The summed E-state index contributed by atoms with van der Waals surface area (Å²) in [5, 5.41) is 3.88. The Hall–Kier alpha value is -0.860. The van der Waals surface area contributed by atoms with Crippen LogP contribution in [0.5, 0.6) is 0 Å². The third kappa shape index (κ3) is 1.58. The van der Waals surface area contributed by atoms with Crippen LogP contribution in [0.25, 0.3) is 0 Å². The van der Waals surface area contributed by atoms with Crippen molar-refractivity contribution in [1.82, 2.24) is 10.1 Å². The second-order valence-corrected chi connectivity index (χ2v) is 5.31. The molecule has 3 rings (SSSR count). The van der Waals surface area contributed by atoms with E-state index < -0.39 is 0 Å². The molecule has 1 heterocycles. The number of rotatable bonds is 1. The summed E-state index contributed by atoms with van der Waals surface area (Å²) < 4.78 is 5.26. The van der Waals surface area contributed by atoms with Crippen molar-refractivity contribution in [2.45, 2.75) is 57.8 Å². The first kappa shape index (κ1) is 9.37. The molecule has 2 saturated carbocycles. The Morgan fingerprint density at radius 1 is 1.20 bits per heavy atom. The van der Waals surface area contributed by atoms with Crippen LogP contribution >= 0.6 is 0 Å². The minimum Gasteiger partial charge on any atom is -0.339 e. The van der Waals surface area contributed by atoms with Crippen molar-refractivity contribution >= 4 is 0 Å². The van der Waals surface area contributed by atoms with Crippen molar-refractivity contribution in [2.24, 2.45) is 5.41 Å². The van der Waals surface area contributed by atoms with Crippen LogP contribution < -0.4 is 0 Å². The zero-order valence-electron chi connectivity index (χ0n) is 9.33. The first-order chi connectivity index (χ1) is 7.27. The van der Waals surface area contributed by atoms with Gasteiger partial charge < -0.3 is 4.52 Å². The summed E-state index contributed by atoms with van der Waals surface area (Å²) in [7, 11) is 0. The molecule has 0 N–H and O–H groups in total. The molecule has 1 spiro atoms. The van der Waals surface area contributed by atoms with E-state index in [9.17, 15) is 0 Å². The standard InChI is InChI=1S/C12H18N2O/c1-9-13-11(15-14-9)10-3-7-12(8-4-10)5-2-6-12/h10H,2-8H2,1H3. The molecule has 2 fully saturated rings.